The summed E-state index contributed by atoms with van der Waals surface area (Å²) in [6.45, 7) is 1.88. The highest BCUT2D eigenvalue weighted by Gasteiger charge is 2.12. The first kappa shape index (κ1) is 12.6. The van der Waals surface area contributed by atoms with Crippen LogP contribution in [0.15, 0.2) is 36.7 Å². The predicted molar refractivity (Wildman–Crippen MR) is 70.3 cm³/mol. The third-order valence-electron chi connectivity index (χ3n) is 2.62. The molecule has 18 heavy (non-hydrogen) atoms. The summed E-state index contributed by atoms with van der Waals surface area (Å²) in [6, 6.07) is 7.19. The van der Waals surface area contributed by atoms with Gasteiger partial charge in [-0.1, -0.05) is 29.8 Å². The molecule has 0 aliphatic heterocycles. The van der Waals surface area contributed by atoms with Gasteiger partial charge in [-0.05, 0) is 18.6 Å². The third kappa shape index (κ3) is 3.11. The van der Waals surface area contributed by atoms with Crippen LogP contribution < -0.4 is 5.32 Å². The fourth-order valence-electron chi connectivity index (χ4n) is 1.69. The molecule has 0 fully saturated rings. The lowest BCUT2D eigenvalue weighted by atomic mass is 10.1. The number of carbonyl (C=O) groups excluding carboxylic acids is 1. The van der Waals surface area contributed by atoms with Crippen LogP contribution in [-0.4, -0.2) is 15.9 Å². The molecule has 1 atom stereocenters. The van der Waals surface area contributed by atoms with Gasteiger partial charge in [-0.15, -0.1) is 0 Å². The molecule has 0 aliphatic rings. The van der Waals surface area contributed by atoms with E-state index >= 15 is 0 Å². The minimum atomic E-state index is -0.144. The fraction of sp³-hybridized carbons (Fsp3) is 0.231. The number of amides is 1. The normalized spacial score (nSPS) is 12.1. The number of aromatic nitrogens is 2. The third-order valence-corrected chi connectivity index (χ3v) is 2.98. The van der Waals surface area contributed by atoms with Gasteiger partial charge in [0.15, 0.2) is 0 Å². The summed E-state index contributed by atoms with van der Waals surface area (Å²) in [5.41, 5.74) is 0.823. The molecule has 94 valence electrons. The highest BCUT2D eigenvalue weighted by molar-refractivity contribution is 6.31. The molecule has 0 saturated carbocycles. The second-order valence-electron chi connectivity index (χ2n) is 4.03. The molecule has 2 rings (SSSR count). The number of aromatic amines is 1. The maximum Gasteiger partial charge on any atom is 0.225 e. The highest BCUT2D eigenvalue weighted by atomic mass is 35.5. The van der Waals surface area contributed by atoms with Gasteiger partial charge in [0.25, 0.3) is 0 Å². The summed E-state index contributed by atoms with van der Waals surface area (Å²) in [4.78, 5) is 18.9. The number of benzene rings is 1. The van der Waals surface area contributed by atoms with Gasteiger partial charge in [-0.2, -0.15) is 0 Å². The Labute approximate surface area is 110 Å². The number of carbonyl (C=O) groups is 1. The van der Waals surface area contributed by atoms with Crippen LogP contribution in [0, 0.1) is 0 Å². The fourth-order valence-corrected chi connectivity index (χ4v) is 1.89. The van der Waals surface area contributed by atoms with E-state index in [0.717, 1.165) is 11.4 Å². The summed E-state index contributed by atoms with van der Waals surface area (Å²) in [6.07, 6.45) is 3.66. The predicted octanol–water partition coefficient (Wildman–Crippen LogP) is 2.48. The van der Waals surface area contributed by atoms with Crippen LogP contribution in [0.25, 0.3) is 0 Å². The van der Waals surface area contributed by atoms with Crippen molar-refractivity contribution in [1.82, 2.24) is 15.3 Å². The van der Waals surface area contributed by atoms with Gasteiger partial charge in [-0.25, -0.2) is 4.98 Å². The van der Waals surface area contributed by atoms with E-state index in [1.54, 1.807) is 18.5 Å². The number of imidazole rings is 1. The highest BCUT2D eigenvalue weighted by Crippen LogP contribution is 2.15. The van der Waals surface area contributed by atoms with Crippen LogP contribution >= 0.6 is 11.6 Å². The number of hydrogen-bond acceptors (Lipinski definition) is 2. The molecule has 5 heteroatoms. The summed E-state index contributed by atoms with van der Waals surface area (Å²) in [7, 11) is 0. The van der Waals surface area contributed by atoms with Gasteiger partial charge in [0, 0.05) is 17.4 Å². The topological polar surface area (TPSA) is 57.8 Å². The van der Waals surface area contributed by atoms with Crippen molar-refractivity contribution in [2.24, 2.45) is 0 Å². The Morgan fingerprint density at radius 1 is 1.50 bits per heavy atom. The number of hydrogen-bond donors (Lipinski definition) is 2. The minimum Gasteiger partial charge on any atom is -0.347 e. The van der Waals surface area contributed by atoms with Crippen molar-refractivity contribution in [2.75, 3.05) is 0 Å². The smallest absolute Gasteiger partial charge is 0.225 e. The average molecular weight is 264 g/mol. The van der Waals surface area contributed by atoms with Crippen molar-refractivity contribution in [3.63, 3.8) is 0 Å². The summed E-state index contributed by atoms with van der Waals surface area (Å²) in [5, 5.41) is 3.48. The van der Waals surface area contributed by atoms with Gasteiger partial charge >= 0.3 is 0 Å². The molecule has 2 aromatic rings. The van der Waals surface area contributed by atoms with Crippen LogP contribution in [0.3, 0.4) is 0 Å². The van der Waals surface area contributed by atoms with E-state index in [2.05, 4.69) is 15.3 Å². The maximum atomic E-state index is 11.9. The first-order valence-electron chi connectivity index (χ1n) is 5.69. The quantitative estimate of drug-likeness (QED) is 0.890. The molecule has 1 amide bonds. The number of nitrogens with one attached hydrogen (secondary N) is 2. The molecule has 2 N–H and O–H groups in total. The Hall–Kier alpha value is -1.81. The Morgan fingerprint density at radius 2 is 2.28 bits per heavy atom. The molecule has 0 bridgehead atoms. The maximum absolute atomic E-state index is 11.9. The van der Waals surface area contributed by atoms with E-state index in [-0.39, 0.29) is 18.4 Å². The van der Waals surface area contributed by atoms with Crippen LogP contribution in [-0.2, 0) is 11.2 Å². The summed E-state index contributed by atoms with van der Waals surface area (Å²) in [5.74, 6) is 0.662. The lowest BCUT2D eigenvalue weighted by Gasteiger charge is -2.11. The minimum absolute atomic E-state index is 0.0769. The van der Waals surface area contributed by atoms with Crippen molar-refractivity contribution in [2.45, 2.75) is 19.4 Å². The molecule has 0 aliphatic carbocycles. The number of nitrogens with zero attached hydrogens (tertiary/aromatic N) is 1. The zero-order valence-electron chi connectivity index (χ0n) is 9.98. The van der Waals surface area contributed by atoms with Crippen LogP contribution in [0.5, 0.6) is 0 Å². The van der Waals surface area contributed by atoms with Crippen LogP contribution in [0.1, 0.15) is 24.4 Å². The molecule has 0 radical (unpaired) electrons. The molecule has 0 spiro atoms. The SMILES string of the molecule is CC(NC(=O)Cc1ccccc1Cl)c1ncc[nH]1. The van der Waals surface area contributed by atoms with Gasteiger partial charge < -0.3 is 10.3 Å². The Kier molecular flexibility index (Phi) is 3.99. The van der Waals surface area contributed by atoms with E-state index in [1.165, 1.54) is 0 Å². The monoisotopic (exact) mass is 263 g/mol. The zero-order chi connectivity index (χ0) is 13.0. The second kappa shape index (κ2) is 5.69. The average Bonchev–Trinajstić information content (AvgIpc) is 2.85. The van der Waals surface area contributed by atoms with Gasteiger partial charge in [0.2, 0.25) is 5.91 Å². The Morgan fingerprint density at radius 3 is 2.94 bits per heavy atom. The van der Waals surface area contributed by atoms with Crippen molar-refractivity contribution < 1.29 is 4.79 Å². The molecule has 1 aromatic heterocycles. The molecular weight excluding hydrogens is 250 g/mol. The second-order valence-corrected chi connectivity index (χ2v) is 4.44. The van der Waals surface area contributed by atoms with Crippen molar-refractivity contribution in [1.29, 1.82) is 0 Å². The molecule has 1 unspecified atom stereocenters. The van der Waals surface area contributed by atoms with Gasteiger partial charge in [-0.3, -0.25) is 4.79 Å². The first-order chi connectivity index (χ1) is 8.66. The van der Waals surface area contributed by atoms with E-state index in [9.17, 15) is 4.79 Å². The van der Waals surface area contributed by atoms with Gasteiger partial charge in [0.05, 0.1) is 12.5 Å². The molecule has 1 heterocycles. The van der Waals surface area contributed by atoms with Crippen molar-refractivity contribution in [3.05, 3.63) is 53.1 Å². The summed E-state index contributed by atoms with van der Waals surface area (Å²) < 4.78 is 0. The Balaban J connectivity index is 1.95. The number of H-pyrrole nitrogens is 1. The lowest BCUT2D eigenvalue weighted by Crippen LogP contribution is -2.28. The van der Waals surface area contributed by atoms with E-state index < -0.39 is 0 Å². The molecular formula is C13H14ClN3O. The first-order valence-corrected chi connectivity index (χ1v) is 6.06. The molecule has 4 nitrogen and oxygen atoms in total. The molecule has 1 aromatic carbocycles. The Bertz CT molecular complexity index is 525. The van der Waals surface area contributed by atoms with E-state index in [4.69, 9.17) is 11.6 Å². The lowest BCUT2D eigenvalue weighted by molar-refractivity contribution is -0.121. The largest absolute Gasteiger partial charge is 0.347 e. The number of halogens is 1. The van der Waals surface area contributed by atoms with E-state index in [0.29, 0.717) is 5.02 Å². The van der Waals surface area contributed by atoms with Gasteiger partial charge in [0.1, 0.15) is 5.82 Å². The number of rotatable bonds is 4. The van der Waals surface area contributed by atoms with Crippen LogP contribution in [0.2, 0.25) is 5.02 Å². The van der Waals surface area contributed by atoms with E-state index in [1.807, 2.05) is 25.1 Å². The van der Waals surface area contributed by atoms with Crippen LogP contribution in [0.4, 0.5) is 0 Å². The summed E-state index contributed by atoms with van der Waals surface area (Å²) >= 11 is 6.01. The van der Waals surface area contributed by atoms with Crippen molar-refractivity contribution in [3.8, 4) is 0 Å². The standard InChI is InChI=1S/C13H14ClN3O/c1-9(13-15-6-7-16-13)17-12(18)8-10-4-2-3-5-11(10)14/h2-7,9H,8H2,1H3,(H,15,16)(H,17,18). The van der Waals surface area contributed by atoms with Crippen molar-refractivity contribution >= 4 is 17.5 Å². The zero-order valence-corrected chi connectivity index (χ0v) is 10.7. The molecule has 0 saturated heterocycles.